The average Bonchev–Trinajstić information content (AvgIpc) is 1.97. The summed E-state index contributed by atoms with van der Waals surface area (Å²) in [5, 5.41) is 0.710. The smallest absolute Gasteiger partial charge is 0.162 e. The summed E-state index contributed by atoms with van der Waals surface area (Å²) in [5.41, 5.74) is 0.705. The minimum atomic E-state index is -0.742. The molecule has 0 aliphatic carbocycles. The van der Waals surface area contributed by atoms with Gasteiger partial charge in [0.1, 0.15) is 0 Å². The number of rotatable bonds is 0. The lowest BCUT2D eigenvalue weighted by Crippen LogP contribution is -2.05. The van der Waals surface area contributed by atoms with Gasteiger partial charge in [0.25, 0.3) is 0 Å². The third-order valence-corrected chi connectivity index (χ3v) is 2.27. The molecule has 0 amide bonds. The van der Waals surface area contributed by atoms with E-state index in [1.54, 1.807) is 19.9 Å². The summed E-state index contributed by atoms with van der Waals surface area (Å²) in [5.74, 6) is -1.48. The van der Waals surface area contributed by atoms with Gasteiger partial charge in [0.15, 0.2) is 11.6 Å². The molecule has 0 N–H and O–H groups in total. The van der Waals surface area contributed by atoms with Crippen LogP contribution in [0.5, 0.6) is 0 Å². The highest BCUT2D eigenvalue weighted by atomic mass is 31.0. The van der Waals surface area contributed by atoms with Gasteiger partial charge in [0.05, 0.1) is 0 Å². The number of hydrogen-bond donors (Lipinski definition) is 0. The second-order valence-corrected chi connectivity index (χ2v) is 3.16. The molecular formula is C8H9F2P. The van der Waals surface area contributed by atoms with Crippen molar-refractivity contribution in [3.63, 3.8) is 0 Å². The maximum Gasteiger partial charge on any atom is 0.162 e. The minimum Gasteiger partial charge on any atom is -0.203 e. The number of halogens is 2. The van der Waals surface area contributed by atoms with E-state index in [-0.39, 0.29) is 0 Å². The van der Waals surface area contributed by atoms with E-state index in [0.29, 0.717) is 16.4 Å². The van der Waals surface area contributed by atoms with Crippen molar-refractivity contribution in [1.29, 1.82) is 0 Å². The molecule has 0 saturated heterocycles. The van der Waals surface area contributed by atoms with Crippen molar-refractivity contribution in [2.45, 2.75) is 13.8 Å². The Bertz CT molecular complexity index is 268. The van der Waals surface area contributed by atoms with Crippen LogP contribution in [-0.4, -0.2) is 0 Å². The van der Waals surface area contributed by atoms with Crippen LogP contribution in [0.15, 0.2) is 6.07 Å². The van der Waals surface area contributed by atoms with Crippen LogP contribution in [0.2, 0.25) is 0 Å². The molecule has 0 bridgehead atoms. The molecule has 0 aliphatic heterocycles. The van der Waals surface area contributed by atoms with E-state index >= 15 is 0 Å². The van der Waals surface area contributed by atoms with Gasteiger partial charge in [-0.25, -0.2) is 8.78 Å². The largest absolute Gasteiger partial charge is 0.203 e. The van der Waals surface area contributed by atoms with Crippen LogP contribution in [0.25, 0.3) is 0 Å². The standard InChI is InChI=1S/C8H9F2P/c1-4-3-6(11)5(2)8(10)7(4)9/h3H,11H2,1-2H3. The number of benzene rings is 1. The lowest BCUT2D eigenvalue weighted by atomic mass is 10.1. The first kappa shape index (κ1) is 8.61. The molecule has 1 atom stereocenters. The molecule has 0 spiro atoms. The zero-order chi connectivity index (χ0) is 8.59. The summed E-state index contributed by atoms with van der Waals surface area (Å²) in [7, 11) is 2.37. The van der Waals surface area contributed by atoms with Gasteiger partial charge in [-0.2, -0.15) is 0 Å². The summed E-state index contributed by atoms with van der Waals surface area (Å²) in [6.07, 6.45) is 0. The molecule has 60 valence electrons. The molecule has 0 heterocycles. The normalized spacial score (nSPS) is 10.3. The summed E-state index contributed by atoms with van der Waals surface area (Å²) < 4.78 is 25.7. The first-order chi connectivity index (χ1) is 5.04. The zero-order valence-electron chi connectivity index (χ0n) is 6.41. The van der Waals surface area contributed by atoms with E-state index < -0.39 is 11.6 Å². The molecule has 0 radical (unpaired) electrons. The average molecular weight is 174 g/mol. The first-order valence-corrected chi connectivity index (χ1v) is 3.82. The van der Waals surface area contributed by atoms with Crippen LogP contribution in [0.3, 0.4) is 0 Å². The predicted molar refractivity (Wildman–Crippen MR) is 45.2 cm³/mol. The van der Waals surface area contributed by atoms with Crippen molar-refractivity contribution in [3.8, 4) is 0 Å². The van der Waals surface area contributed by atoms with Crippen LogP contribution in [0.1, 0.15) is 11.1 Å². The zero-order valence-corrected chi connectivity index (χ0v) is 7.57. The van der Waals surface area contributed by atoms with E-state index in [1.165, 1.54) is 0 Å². The number of hydrogen-bond acceptors (Lipinski definition) is 0. The Labute approximate surface area is 66.8 Å². The van der Waals surface area contributed by atoms with Gasteiger partial charge in [-0.05, 0) is 36.3 Å². The van der Waals surface area contributed by atoms with Crippen LogP contribution >= 0.6 is 9.24 Å². The lowest BCUT2D eigenvalue weighted by molar-refractivity contribution is 0.499. The molecular weight excluding hydrogens is 165 g/mol. The van der Waals surface area contributed by atoms with Gasteiger partial charge >= 0.3 is 0 Å². The summed E-state index contributed by atoms with van der Waals surface area (Å²) >= 11 is 0. The third kappa shape index (κ3) is 1.41. The van der Waals surface area contributed by atoms with Crippen molar-refractivity contribution >= 4 is 14.5 Å². The van der Waals surface area contributed by atoms with Gasteiger partial charge in [-0.1, -0.05) is 0 Å². The van der Waals surface area contributed by atoms with Gasteiger partial charge < -0.3 is 0 Å². The van der Waals surface area contributed by atoms with E-state index in [0.717, 1.165) is 0 Å². The fourth-order valence-electron chi connectivity index (χ4n) is 0.869. The van der Waals surface area contributed by atoms with Crippen molar-refractivity contribution < 1.29 is 8.78 Å². The second kappa shape index (κ2) is 2.86. The SMILES string of the molecule is Cc1cc(P)c(C)c(F)c1F. The van der Waals surface area contributed by atoms with Crippen molar-refractivity contribution in [2.75, 3.05) is 0 Å². The van der Waals surface area contributed by atoms with Gasteiger partial charge in [0.2, 0.25) is 0 Å². The molecule has 1 aromatic rings. The summed E-state index contributed by atoms with van der Waals surface area (Å²) in [4.78, 5) is 0. The molecule has 3 heteroatoms. The summed E-state index contributed by atoms with van der Waals surface area (Å²) in [6.45, 7) is 3.10. The fourth-order valence-corrected chi connectivity index (χ4v) is 1.25. The van der Waals surface area contributed by atoms with Gasteiger partial charge in [-0.3, -0.25) is 0 Å². The highest BCUT2D eigenvalue weighted by molar-refractivity contribution is 7.27. The van der Waals surface area contributed by atoms with Crippen LogP contribution < -0.4 is 5.30 Å². The second-order valence-electron chi connectivity index (χ2n) is 2.54. The van der Waals surface area contributed by atoms with Crippen LogP contribution in [-0.2, 0) is 0 Å². The van der Waals surface area contributed by atoms with E-state index in [2.05, 4.69) is 9.24 Å². The molecule has 0 nitrogen and oxygen atoms in total. The van der Waals surface area contributed by atoms with E-state index in [1.807, 2.05) is 0 Å². The van der Waals surface area contributed by atoms with Gasteiger partial charge in [-0.15, -0.1) is 9.24 Å². The molecule has 0 aromatic heterocycles. The fraction of sp³-hybridized carbons (Fsp3) is 0.250. The van der Waals surface area contributed by atoms with E-state index in [4.69, 9.17) is 0 Å². The third-order valence-electron chi connectivity index (χ3n) is 1.67. The minimum absolute atomic E-state index is 0.345. The first-order valence-electron chi connectivity index (χ1n) is 3.24. The van der Waals surface area contributed by atoms with Gasteiger partial charge in [0, 0.05) is 0 Å². The number of aryl methyl sites for hydroxylation is 1. The van der Waals surface area contributed by atoms with Crippen molar-refractivity contribution in [1.82, 2.24) is 0 Å². The molecule has 0 saturated carbocycles. The molecule has 0 aliphatic rings. The topological polar surface area (TPSA) is 0 Å². The maximum atomic E-state index is 12.9. The summed E-state index contributed by atoms with van der Waals surface area (Å²) in [6, 6.07) is 1.61. The Hall–Kier alpha value is -0.490. The van der Waals surface area contributed by atoms with Crippen LogP contribution in [0, 0.1) is 25.5 Å². The van der Waals surface area contributed by atoms with Crippen molar-refractivity contribution in [2.24, 2.45) is 0 Å². The molecule has 11 heavy (non-hydrogen) atoms. The molecule has 0 fully saturated rings. The molecule has 1 unspecified atom stereocenters. The van der Waals surface area contributed by atoms with Crippen molar-refractivity contribution in [3.05, 3.63) is 28.8 Å². The monoisotopic (exact) mass is 174 g/mol. The Morgan fingerprint density at radius 2 is 1.73 bits per heavy atom. The quantitative estimate of drug-likeness (QED) is 0.528. The Kier molecular flexibility index (Phi) is 2.24. The Balaban J connectivity index is 3.46. The highest BCUT2D eigenvalue weighted by Crippen LogP contribution is 2.14. The highest BCUT2D eigenvalue weighted by Gasteiger charge is 2.09. The molecule has 1 rings (SSSR count). The van der Waals surface area contributed by atoms with E-state index in [9.17, 15) is 8.78 Å². The predicted octanol–water partition coefficient (Wildman–Crippen LogP) is 2.08. The maximum absolute atomic E-state index is 12.9. The Morgan fingerprint density at radius 1 is 1.18 bits per heavy atom. The Morgan fingerprint density at radius 3 is 2.27 bits per heavy atom. The van der Waals surface area contributed by atoms with Crippen LogP contribution in [0.4, 0.5) is 8.78 Å². The lowest BCUT2D eigenvalue weighted by Gasteiger charge is -2.04. The molecule has 1 aromatic carbocycles.